The van der Waals surface area contributed by atoms with Gasteiger partial charge in [0.05, 0.1) is 18.2 Å². The molecule has 1 atom stereocenters. The van der Waals surface area contributed by atoms with Gasteiger partial charge in [0, 0.05) is 6.54 Å². The second-order valence-corrected chi connectivity index (χ2v) is 3.82. The lowest BCUT2D eigenvalue weighted by atomic mass is 10.0. The Morgan fingerprint density at radius 1 is 1.53 bits per heavy atom. The monoisotopic (exact) mass is 229 g/mol. The molecule has 0 saturated carbocycles. The summed E-state index contributed by atoms with van der Waals surface area (Å²) in [6.07, 6.45) is -0.543. The third-order valence-electron chi connectivity index (χ3n) is 2.30. The topological polar surface area (TPSA) is 41.5 Å². The summed E-state index contributed by atoms with van der Waals surface area (Å²) in [6.45, 7) is 2.43. The minimum atomic E-state index is -0.543. The van der Waals surface area contributed by atoms with Crippen molar-refractivity contribution in [1.29, 1.82) is 0 Å². The van der Waals surface area contributed by atoms with E-state index in [4.69, 9.17) is 16.3 Å². The first-order valence-corrected chi connectivity index (χ1v) is 5.14. The molecular formula is C11H16ClNO2. The van der Waals surface area contributed by atoms with Crippen LogP contribution >= 0.6 is 11.6 Å². The summed E-state index contributed by atoms with van der Waals surface area (Å²) in [5, 5.41) is 13.3. The van der Waals surface area contributed by atoms with Gasteiger partial charge < -0.3 is 15.2 Å². The number of hydrogen-bond donors (Lipinski definition) is 2. The number of nitrogens with one attached hydrogen (secondary N) is 1. The van der Waals surface area contributed by atoms with Crippen molar-refractivity contribution >= 4 is 11.6 Å². The molecule has 0 aliphatic heterocycles. The van der Waals surface area contributed by atoms with Crippen molar-refractivity contribution in [3.8, 4) is 5.75 Å². The van der Waals surface area contributed by atoms with E-state index in [1.807, 2.05) is 13.0 Å². The minimum Gasteiger partial charge on any atom is -0.495 e. The van der Waals surface area contributed by atoms with Crippen molar-refractivity contribution in [3.05, 3.63) is 28.3 Å². The molecule has 3 nitrogen and oxygen atoms in total. The van der Waals surface area contributed by atoms with Crippen molar-refractivity contribution in [2.45, 2.75) is 13.0 Å². The maximum atomic E-state index is 9.83. The minimum absolute atomic E-state index is 0.503. The number of rotatable bonds is 4. The summed E-state index contributed by atoms with van der Waals surface area (Å²) in [5.41, 5.74) is 1.80. The van der Waals surface area contributed by atoms with Crippen LogP contribution in [0.4, 0.5) is 0 Å². The SMILES string of the molecule is CNCC(O)c1cc(Cl)c(OC)cc1C. The molecule has 0 aromatic heterocycles. The van der Waals surface area contributed by atoms with Crippen LogP contribution in [0.3, 0.4) is 0 Å². The van der Waals surface area contributed by atoms with Gasteiger partial charge in [-0.1, -0.05) is 11.6 Å². The Labute approximate surface area is 95.0 Å². The van der Waals surface area contributed by atoms with Crippen molar-refractivity contribution < 1.29 is 9.84 Å². The Morgan fingerprint density at radius 2 is 2.20 bits per heavy atom. The predicted octanol–water partition coefficient (Wildman–Crippen LogP) is 1.91. The molecule has 0 fully saturated rings. The number of aliphatic hydroxyl groups is 1. The van der Waals surface area contributed by atoms with E-state index < -0.39 is 6.10 Å². The quantitative estimate of drug-likeness (QED) is 0.829. The smallest absolute Gasteiger partial charge is 0.137 e. The third-order valence-corrected chi connectivity index (χ3v) is 2.59. The van der Waals surface area contributed by atoms with Crippen molar-refractivity contribution in [2.75, 3.05) is 20.7 Å². The molecule has 0 heterocycles. The first-order chi connectivity index (χ1) is 7.10. The van der Waals surface area contributed by atoms with Crippen LogP contribution in [-0.4, -0.2) is 25.8 Å². The van der Waals surface area contributed by atoms with Gasteiger partial charge in [-0.15, -0.1) is 0 Å². The van der Waals surface area contributed by atoms with E-state index in [1.165, 1.54) is 0 Å². The number of hydrogen-bond acceptors (Lipinski definition) is 3. The molecule has 1 aromatic carbocycles. The Hall–Kier alpha value is -0.770. The number of ether oxygens (including phenoxy) is 1. The molecule has 4 heteroatoms. The van der Waals surface area contributed by atoms with Crippen LogP contribution < -0.4 is 10.1 Å². The lowest BCUT2D eigenvalue weighted by Crippen LogP contribution is -2.17. The fraction of sp³-hybridized carbons (Fsp3) is 0.455. The van der Waals surface area contributed by atoms with Gasteiger partial charge in [-0.25, -0.2) is 0 Å². The van der Waals surface area contributed by atoms with Gasteiger partial charge in [0.2, 0.25) is 0 Å². The molecule has 15 heavy (non-hydrogen) atoms. The lowest BCUT2D eigenvalue weighted by Gasteiger charge is -2.15. The number of aryl methyl sites for hydroxylation is 1. The zero-order chi connectivity index (χ0) is 11.4. The van der Waals surface area contributed by atoms with Gasteiger partial charge in [0.15, 0.2) is 0 Å². The Balaban J connectivity index is 3.04. The molecule has 0 saturated heterocycles. The van der Waals surface area contributed by atoms with Gasteiger partial charge in [-0.2, -0.15) is 0 Å². The highest BCUT2D eigenvalue weighted by Crippen LogP contribution is 2.30. The highest BCUT2D eigenvalue weighted by atomic mass is 35.5. The average molecular weight is 230 g/mol. The number of methoxy groups -OCH3 is 1. The molecule has 0 bridgehead atoms. The fourth-order valence-electron chi connectivity index (χ4n) is 1.49. The predicted molar refractivity (Wildman–Crippen MR) is 61.6 cm³/mol. The van der Waals surface area contributed by atoms with E-state index in [-0.39, 0.29) is 0 Å². The van der Waals surface area contributed by atoms with E-state index in [0.717, 1.165) is 11.1 Å². The molecule has 84 valence electrons. The normalized spacial score (nSPS) is 12.6. The van der Waals surface area contributed by atoms with Crippen LogP contribution in [0.25, 0.3) is 0 Å². The van der Waals surface area contributed by atoms with Gasteiger partial charge in [-0.3, -0.25) is 0 Å². The summed E-state index contributed by atoms with van der Waals surface area (Å²) in [6, 6.07) is 3.58. The van der Waals surface area contributed by atoms with Crippen LogP contribution in [0.15, 0.2) is 12.1 Å². The molecule has 0 spiro atoms. The molecule has 1 rings (SSSR count). The number of benzene rings is 1. The second kappa shape index (κ2) is 5.35. The van der Waals surface area contributed by atoms with E-state index in [0.29, 0.717) is 17.3 Å². The largest absolute Gasteiger partial charge is 0.495 e. The van der Waals surface area contributed by atoms with Gasteiger partial charge in [0.25, 0.3) is 0 Å². The Kier molecular flexibility index (Phi) is 4.39. The second-order valence-electron chi connectivity index (χ2n) is 3.42. The summed E-state index contributed by atoms with van der Waals surface area (Å²) < 4.78 is 5.09. The van der Waals surface area contributed by atoms with E-state index in [2.05, 4.69) is 5.32 Å². The zero-order valence-corrected chi connectivity index (χ0v) is 9.93. The summed E-state index contributed by atoms with van der Waals surface area (Å²) in [7, 11) is 3.37. The van der Waals surface area contributed by atoms with Gasteiger partial charge >= 0.3 is 0 Å². The van der Waals surface area contributed by atoms with Crippen LogP contribution in [-0.2, 0) is 0 Å². The molecule has 1 unspecified atom stereocenters. The molecule has 2 N–H and O–H groups in total. The van der Waals surface area contributed by atoms with Crippen LogP contribution in [0, 0.1) is 6.92 Å². The van der Waals surface area contributed by atoms with Crippen molar-refractivity contribution in [1.82, 2.24) is 5.32 Å². The van der Waals surface area contributed by atoms with Crippen LogP contribution in [0.5, 0.6) is 5.75 Å². The Bertz CT molecular complexity index is 342. The molecule has 0 aliphatic rings. The molecule has 0 radical (unpaired) electrons. The summed E-state index contributed by atoms with van der Waals surface area (Å²) in [5.74, 6) is 0.634. The van der Waals surface area contributed by atoms with Crippen LogP contribution in [0.2, 0.25) is 5.02 Å². The molecule has 0 aliphatic carbocycles. The lowest BCUT2D eigenvalue weighted by molar-refractivity contribution is 0.177. The van der Waals surface area contributed by atoms with Crippen molar-refractivity contribution in [3.63, 3.8) is 0 Å². The standard InChI is InChI=1S/C11H16ClNO2/c1-7-4-11(15-3)9(12)5-8(7)10(14)6-13-2/h4-5,10,13-14H,6H2,1-3H3. The van der Waals surface area contributed by atoms with E-state index in [9.17, 15) is 5.11 Å². The molecule has 1 aromatic rings. The van der Waals surface area contributed by atoms with Gasteiger partial charge in [0.1, 0.15) is 5.75 Å². The molecule has 0 amide bonds. The average Bonchev–Trinajstić information content (AvgIpc) is 2.21. The summed E-state index contributed by atoms with van der Waals surface area (Å²) in [4.78, 5) is 0. The first kappa shape index (κ1) is 12.3. The zero-order valence-electron chi connectivity index (χ0n) is 9.17. The molecular weight excluding hydrogens is 214 g/mol. The maximum Gasteiger partial charge on any atom is 0.137 e. The Morgan fingerprint density at radius 3 is 2.73 bits per heavy atom. The first-order valence-electron chi connectivity index (χ1n) is 4.76. The highest BCUT2D eigenvalue weighted by Gasteiger charge is 2.12. The number of aliphatic hydroxyl groups excluding tert-OH is 1. The van der Waals surface area contributed by atoms with E-state index in [1.54, 1.807) is 20.2 Å². The highest BCUT2D eigenvalue weighted by molar-refractivity contribution is 6.32. The van der Waals surface area contributed by atoms with Gasteiger partial charge in [-0.05, 0) is 37.2 Å². The fourth-order valence-corrected chi connectivity index (χ4v) is 1.74. The number of halogens is 1. The van der Waals surface area contributed by atoms with Crippen molar-refractivity contribution in [2.24, 2.45) is 0 Å². The van der Waals surface area contributed by atoms with Crippen LogP contribution in [0.1, 0.15) is 17.2 Å². The third kappa shape index (κ3) is 2.84. The number of likely N-dealkylation sites (N-methyl/N-ethyl adjacent to an activating group) is 1. The van der Waals surface area contributed by atoms with E-state index >= 15 is 0 Å². The maximum absolute atomic E-state index is 9.83. The summed E-state index contributed by atoms with van der Waals surface area (Å²) >= 11 is 5.99.